The Kier molecular flexibility index (Phi) is 12.6. The van der Waals surface area contributed by atoms with Crippen molar-refractivity contribution in [3.63, 3.8) is 0 Å². The van der Waals surface area contributed by atoms with Crippen LogP contribution in [0.2, 0.25) is 0 Å². The third kappa shape index (κ3) is 14.9. The topological polar surface area (TPSA) is 66.4 Å². The number of unbranched alkanes of at least 4 members (excludes halogenated alkanes) is 7. The number of hydrogen-bond acceptors (Lipinski definition) is 2. The quantitative estimate of drug-likeness (QED) is 0.504. The zero-order valence-electron chi connectivity index (χ0n) is 12.2. The van der Waals surface area contributed by atoms with E-state index in [1.807, 2.05) is 6.92 Å². The number of nitrogens with one attached hydrogen (secondary N) is 1. The highest BCUT2D eigenvalue weighted by molar-refractivity contribution is 5.75. The van der Waals surface area contributed by atoms with E-state index in [1.54, 1.807) is 0 Å². The first-order chi connectivity index (χ1) is 9.16. The maximum Gasteiger partial charge on any atom is 0.303 e. The van der Waals surface area contributed by atoms with E-state index in [-0.39, 0.29) is 5.91 Å². The van der Waals surface area contributed by atoms with Gasteiger partial charge >= 0.3 is 5.97 Å². The molecule has 0 rings (SSSR count). The van der Waals surface area contributed by atoms with Crippen molar-refractivity contribution in [2.24, 2.45) is 0 Å². The Bertz CT molecular complexity index is 242. The second kappa shape index (κ2) is 13.4. The summed E-state index contributed by atoms with van der Waals surface area (Å²) >= 11 is 0. The third-order valence-corrected chi connectivity index (χ3v) is 3.12. The Hall–Kier alpha value is -1.06. The van der Waals surface area contributed by atoms with Gasteiger partial charge in [0.05, 0.1) is 0 Å². The fourth-order valence-electron chi connectivity index (χ4n) is 2.01. The second-order valence-electron chi connectivity index (χ2n) is 5.07. The van der Waals surface area contributed by atoms with E-state index in [9.17, 15) is 9.59 Å². The minimum Gasteiger partial charge on any atom is -0.481 e. The van der Waals surface area contributed by atoms with Crippen molar-refractivity contribution in [3.8, 4) is 0 Å². The van der Waals surface area contributed by atoms with Crippen molar-refractivity contribution in [2.45, 2.75) is 77.6 Å². The lowest BCUT2D eigenvalue weighted by atomic mass is 10.1. The molecule has 0 aliphatic rings. The molecule has 0 spiro atoms. The van der Waals surface area contributed by atoms with Crippen molar-refractivity contribution in [3.05, 3.63) is 0 Å². The first kappa shape index (κ1) is 17.9. The maximum atomic E-state index is 11.2. The molecule has 0 radical (unpaired) electrons. The first-order valence-corrected chi connectivity index (χ1v) is 7.65. The van der Waals surface area contributed by atoms with Gasteiger partial charge in [-0.3, -0.25) is 9.59 Å². The van der Waals surface area contributed by atoms with Gasteiger partial charge in [0.25, 0.3) is 0 Å². The summed E-state index contributed by atoms with van der Waals surface area (Å²) < 4.78 is 0. The van der Waals surface area contributed by atoms with Crippen molar-refractivity contribution in [1.29, 1.82) is 0 Å². The Balaban J connectivity index is 3.06. The first-order valence-electron chi connectivity index (χ1n) is 7.65. The van der Waals surface area contributed by atoms with Gasteiger partial charge in [-0.15, -0.1) is 0 Å². The largest absolute Gasteiger partial charge is 0.481 e. The van der Waals surface area contributed by atoms with Crippen LogP contribution in [0.25, 0.3) is 0 Å². The molecule has 112 valence electrons. The average Bonchev–Trinajstić information content (AvgIpc) is 2.36. The van der Waals surface area contributed by atoms with Gasteiger partial charge in [0.15, 0.2) is 0 Å². The Morgan fingerprint density at radius 2 is 1.37 bits per heavy atom. The lowest BCUT2D eigenvalue weighted by Gasteiger charge is -2.04. The summed E-state index contributed by atoms with van der Waals surface area (Å²) in [6.45, 7) is 2.81. The van der Waals surface area contributed by atoms with Crippen LogP contribution in [0.15, 0.2) is 0 Å². The molecular formula is C15H29NO3. The van der Waals surface area contributed by atoms with E-state index >= 15 is 0 Å². The lowest BCUT2D eigenvalue weighted by molar-refractivity contribution is -0.137. The average molecular weight is 271 g/mol. The number of carboxylic acids is 1. The molecule has 0 bridgehead atoms. The fraction of sp³-hybridized carbons (Fsp3) is 0.867. The van der Waals surface area contributed by atoms with Gasteiger partial charge in [0, 0.05) is 19.4 Å². The van der Waals surface area contributed by atoms with E-state index in [4.69, 9.17) is 5.11 Å². The summed E-state index contributed by atoms with van der Waals surface area (Å²) in [4.78, 5) is 21.5. The number of hydrogen-bond donors (Lipinski definition) is 2. The second-order valence-corrected chi connectivity index (χ2v) is 5.07. The van der Waals surface area contributed by atoms with Crippen molar-refractivity contribution in [2.75, 3.05) is 6.54 Å². The highest BCUT2D eigenvalue weighted by Gasteiger charge is 1.98. The predicted molar refractivity (Wildman–Crippen MR) is 77.1 cm³/mol. The summed E-state index contributed by atoms with van der Waals surface area (Å²) in [5, 5.41) is 11.4. The van der Waals surface area contributed by atoms with Gasteiger partial charge in [-0.1, -0.05) is 45.4 Å². The van der Waals surface area contributed by atoms with Gasteiger partial charge in [0.2, 0.25) is 5.91 Å². The molecule has 0 heterocycles. The van der Waals surface area contributed by atoms with Crippen LogP contribution in [-0.2, 0) is 9.59 Å². The van der Waals surface area contributed by atoms with Gasteiger partial charge in [-0.2, -0.15) is 0 Å². The van der Waals surface area contributed by atoms with Gasteiger partial charge in [-0.25, -0.2) is 0 Å². The van der Waals surface area contributed by atoms with Crippen LogP contribution in [-0.4, -0.2) is 23.5 Å². The zero-order chi connectivity index (χ0) is 14.3. The Morgan fingerprint density at radius 3 is 1.89 bits per heavy atom. The van der Waals surface area contributed by atoms with Crippen LogP contribution in [0.3, 0.4) is 0 Å². The molecule has 0 saturated heterocycles. The smallest absolute Gasteiger partial charge is 0.303 e. The van der Waals surface area contributed by atoms with Crippen LogP contribution < -0.4 is 5.32 Å². The van der Waals surface area contributed by atoms with Crippen LogP contribution >= 0.6 is 0 Å². The fourth-order valence-corrected chi connectivity index (χ4v) is 2.01. The van der Waals surface area contributed by atoms with Gasteiger partial charge in [-0.05, 0) is 19.3 Å². The summed E-state index contributed by atoms with van der Waals surface area (Å²) in [6.07, 6.45) is 10.7. The molecule has 4 heteroatoms. The molecule has 19 heavy (non-hydrogen) atoms. The molecule has 0 unspecified atom stereocenters. The van der Waals surface area contributed by atoms with E-state index in [2.05, 4.69) is 5.32 Å². The van der Waals surface area contributed by atoms with E-state index in [0.29, 0.717) is 12.8 Å². The Labute approximate surface area is 117 Å². The molecule has 4 nitrogen and oxygen atoms in total. The monoisotopic (exact) mass is 271 g/mol. The van der Waals surface area contributed by atoms with Crippen molar-refractivity contribution < 1.29 is 14.7 Å². The number of carboxylic acid groups (broad SMARTS) is 1. The lowest BCUT2D eigenvalue weighted by Crippen LogP contribution is -2.23. The standard InChI is InChI=1S/C15H29NO3/c1-2-11-14(17)16-13-10-8-6-4-3-5-7-9-12-15(18)19/h2-13H2,1H3,(H,16,17)(H,18,19). The zero-order valence-corrected chi connectivity index (χ0v) is 12.2. The molecule has 0 aliphatic carbocycles. The SMILES string of the molecule is CCCC(=O)NCCCCCCCCCCC(=O)O. The molecule has 0 aromatic rings. The minimum atomic E-state index is -0.690. The number of aliphatic carboxylic acids is 1. The van der Waals surface area contributed by atoms with E-state index < -0.39 is 5.97 Å². The number of carbonyl (C=O) groups is 2. The predicted octanol–water partition coefficient (Wildman–Crippen LogP) is 3.50. The van der Waals surface area contributed by atoms with Gasteiger partial charge in [0.1, 0.15) is 0 Å². The number of amides is 1. The summed E-state index contributed by atoms with van der Waals surface area (Å²) in [7, 11) is 0. The van der Waals surface area contributed by atoms with Crippen LogP contribution in [0.1, 0.15) is 77.6 Å². The molecule has 0 fully saturated rings. The van der Waals surface area contributed by atoms with Crippen LogP contribution in [0.4, 0.5) is 0 Å². The summed E-state index contributed by atoms with van der Waals surface area (Å²) in [5.74, 6) is -0.522. The minimum absolute atomic E-state index is 0.168. The molecule has 0 atom stereocenters. The Morgan fingerprint density at radius 1 is 0.842 bits per heavy atom. The molecule has 0 aromatic heterocycles. The highest BCUT2D eigenvalue weighted by atomic mass is 16.4. The molecule has 1 amide bonds. The van der Waals surface area contributed by atoms with Gasteiger partial charge < -0.3 is 10.4 Å². The molecule has 0 saturated carbocycles. The molecule has 0 aromatic carbocycles. The molecule has 2 N–H and O–H groups in total. The van der Waals surface area contributed by atoms with Crippen molar-refractivity contribution in [1.82, 2.24) is 5.32 Å². The molecule has 0 aliphatic heterocycles. The maximum absolute atomic E-state index is 11.2. The summed E-state index contributed by atoms with van der Waals surface area (Å²) in [6, 6.07) is 0. The van der Waals surface area contributed by atoms with Crippen LogP contribution in [0, 0.1) is 0 Å². The normalized spacial score (nSPS) is 10.4. The third-order valence-electron chi connectivity index (χ3n) is 3.12. The molecular weight excluding hydrogens is 242 g/mol. The summed E-state index contributed by atoms with van der Waals surface area (Å²) in [5.41, 5.74) is 0. The van der Waals surface area contributed by atoms with Crippen molar-refractivity contribution >= 4 is 11.9 Å². The van der Waals surface area contributed by atoms with E-state index in [0.717, 1.165) is 38.6 Å². The number of carbonyl (C=O) groups excluding carboxylic acids is 1. The van der Waals surface area contributed by atoms with E-state index in [1.165, 1.54) is 25.7 Å². The highest BCUT2D eigenvalue weighted by Crippen LogP contribution is 2.09. The van der Waals surface area contributed by atoms with Crippen LogP contribution in [0.5, 0.6) is 0 Å². The number of rotatable bonds is 13.